The molecule has 94 valence electrons. The number of nitrogen functional groups attached to an aromatic ring is 1. The molecule has 3 nitrogen and oxygen atoms in total. The van der Waals surface area contributed by atoms with Gasteiger partial charge < -0.3 is 10.5 Å². The van der Waals surface area contributed by atoms with Gasteiger partial charge in [0.1, 0.15) is 5.82 Å². The molecule has 1 aromatic carbocycles. The maximum atomic E-state index is 13.3. The summed E-state index contributed by atoms with van der Waals surface area (Å²) >= 11 is 0. The van der Waals surface area contributed by atoms with Gasteiger partial charge >= 0.3 is 0 Å². The summed E-state index contributed by atoms with van der Waals surface area (Å²) < 4.78 is 19.0. The van der Waals surface area contributed by atoms with E-state index < -0.39 is 0 Å². The van der Waals surface area contributed by atoms with E-state index in [0.29, 0.717) is 6.54 Å². The monoisotopic (exact) mass is 238 g/mol. The first-order valence-corrected chi connectivity index (χ1v) is 5.97. The lowest BCUT2D eigenvalue weighted by Crippen LogP contribution is -2.44. The van der Waals surface area contributed by atoms with Crippen molar-refractivity contribution in [2.75, 3.05) is 18.8 Å². The van der Waals surface area contributed by atoms with E-state index in [1.54, 1.807) is 6.07 Å². The molecule has 4 heteroatoms. The van der Waals surface area contributed by atoms with E-state index in [-0.39, 0.29) is 23.7 Å². The van der Waals surface area contributed by atoms with Gasteiger partial charge in [0.25, 0.3) is 0 Å². The Hall–Kier alpha value is -1.13. The number of rotatable bonds is 2. The highest BCUT2D eigenvalue weighted by atomic mass is 19.1. The average molecular weight is 238 g/mol. The van der Waals surface area contributed by atoms with E-state index in [1.807, 2.05) is 6.07 Å². The highest BCUT2D eigenvalue weighted by Crippen LogP contribution is 2.20. The number of morpholine rings is 1. The smallest absolute Gasteiger partial charge is 0.146 e. The third-order valence-corrected chi connectivity index (χ3v) is 3.03. The number of ether oxygens (including phenoxy) is 1. The van der Waals surface area contributed by atoms with Crippen molar-refractivity contribution in [3.8, 4) is 0 Å². The fourth-order valence-corrected chi connectivity index (χ4v) is 2.37. The Balaban J connectivity index is 2.07. The molecule has 17 heavy (non-hydrogen) atoms. The first kappa shape index (κ1) is 12.3. The molecule has 0 bridgehead atoms. The summed E-state index contributed by atoms with van der Waals surface area (Å²) in [6.07, 6.45) is 0.432. The van der Waals surface area contributed by atoms with Crippen LogP contribution in [0.2, 0.25) is 0 Å². The standard InChI is InChI=1S/C13H19FN2O/c1-9-6-16(7-10(2)17-9)8-11-4-3-5-12(14)13(11)15/h3-5,9-10H,6-8,15H2,1-2H3/t9-,10+. The zero-order valence-corrected chi connectivity index (χ0v) is 10.3. The molecule has 0 saturated carbocycles. The quantitative estimate of drug-likeness (QED) is 0.801. The van der Waals surface area contributed by atoms with Gasteiger partial charge in [-0.1, -0.05) is 12.1 Å². The van der Waals surface area contributed by atoms with Crippen molar-refractivity contribution >= 4 is 5.69 Å². The van der Waals surface area contributed by atoms with Gasteiger partial charge in [-0.2, -0.15) is 0 Å². The molecule has 1 heterocycles. The summed E-state index contributed by atoms with van der Waals surface area (Å²) in [6, 6.07) is 4.97. The van der Waals surface area contributed by atoms with Crippen LogP contribution in [0.15, 0.2) is 18.2 Å². The number of hydrogen-bond acceptors (Lipinski definition) is 3. The Labute approximate surface area is 101 Å². The summed E-state index contributed by atoms with van der Waals surface area (Å²) in [5, 5.41) is 0. The van der Waals surface area contributed by atoms with Gasteiger partial charge in [-0.25, -0.2) is 4.39 Å². The van der Waals surface area contributed by atoms with Crippen molar-refractivity contribution in [3.63, 3.8) is 0 Å². The minimum atomic E-state index is -0.336. The largest absolute Gasteiger partial charge is 0.396 e. The van der Waals surface area contributed by atoms with Gasteiger partial charge in [0.05, 0.1) is 17.9 Å². The fourth-order valence-electron chi connectivity index (χ4n) is 2.37. The van der Waals surface area contributed by atoms with E-state index >= 15 is 0 Å². The molecule has 0 amide bonds. The van der Waals surface area contributed by atoms with Crippen molar-refractivity contribution in [1.29, 1.82) is 0 Å². The number of benzene rings is 1. The second-order valence-corrected chi connectivity index (χ2v) is 4.76. The van der Waals surface area contributed by atoms with Crippen molar-refractivity contribution in [2.45, 2.75) is 32.6 Å². The molecule has 0 aliphatic carbocycles. The number of nitrogens with two attached hydrogens (primary N) is 1. The molecule has 1 aliphatic rings. The molecule has 0 unspecified atom stereocenters. The zero-order chi connectivity index (χ0) is 12.4. The van der Waals surface area contributed by atoms with E-state index in [9.17, 15) is 4.39 Å². The van der Waals surface area contributed by atoms with E-state index in [1.165, 1.54) is 6.07 Å². The van der Waals surface area contributed by atoms with Crippen LogP contribution in [-0.4, -0.2) is 30.2 Å². The molecule has 1 fully saturated rings. The Morgan fingerprint density at radius 3 is 2.65 bits per heavy atom. The van der Waals surface area contributed by atoms with Crippen LogP contribution in [0.3, 0.4) is 0 Å². The molecular formula is C13H19FN2O. The number of hydrogen-bond donors (Lipinski definition) is 1. The molecular weight excluding hydrogens is 219 g/mol. The normalized spacial score (nSPS) is 26.1. The lowest BCUT2D eigenvalue weighted by atomic mass is 10.1. The van der Waals surface area contributed by atoms with Gasteiger partial charge in [-0.3, -0.25) is 4.90 Å². The molecule has 2 atom stereocenters. The van der Waals surface area contributed by atoms with Crippen LogP contribution in [0.1, 0.15) is 19.4 Å². The summed E-state index contributed by atoms with van der Waals surface area (Å²) in [5.74, 6) is -0.336. The number of para-hydroxylation sites is 1. The third-order valence-electron chi connectivity index (χ3n) is 3.03. The van der Waals surface area contributed by atoms with Gasteiger partial charge in [0.15, 0.2) is 0 Å². The van der Waals surface area contributed by atoms with Crippen LogP contribution in [0.25, 0.3) is 0 Å². The van der Waals surface area contributed by atoms with Crippen LogP contribution in [-0.2, 0) is 11.3 Å². The van der Waals surface area contributed by atoms with Gasteiger partial charge in [0.2, 0.25) is 0 Å². The summed E-state index contributed by atoms with van der Waals surface area (Å²) in [5.41, 5.74) is 6.85. The lowest BCUT2D eigenvalue weighted by molar-refractivity contribution is -0.0704. The van der Waals surface area contributed by atoms with E-state index in [2.05, 4.69) is 18.7 Å². The lowest BCUT2D eigenvalue weighted by Gasteiger charge is -2.35. The third kappa shape index (κ3) is 2.96. The highest BCUT2D eigenvalue weighted by Gasteiger charge is 2.22. The predicted octanol–water partition coefficient (Wildman–Crippen LogP) is 2.02. The maximum Gasteiger partial charge on any atom is 0.146 e. The number of halogens is 1. The molecule has 2 rings (SSSR count). The molecule has 1 aromatic rings. The van der Waals surface area contributed by atoms with Crippen molar-refractivity contribution in [2.24, 2.45) is 0 Å². The Morgan fingerprint density at radius 2 is 2.00 bits per heavy atom. The van der Waals surface area contributed by atoms with E-state index in [0.717, 1.165) is 18.7 Å². The fraction of sp³-hybridized carbons (Fsp3) is 0.538. The first-order chi connectivity index (χ1) is 8.06. The van der Waals surface area contributed by atoms with Crippen LogP contribution >= 0.6 is 0 Å². The number of anilines is 1. The molecule has 0 aromatic heterocycles. The molecule has 2 N–H and O–H groups in total. The topological polar surface area (TPSA) is 38.5 Å². The van der Waals surface area contributed by atoms with Gasteiger partial charge in [-0.15, -0.1) is 0 Å². The predicted molar refractivity (Wildman–Crippen MR) is 66.1 cm³/mol. The van der Waals surface area contributed by atoms with Crippen molar-refractivity contribution < 1.29 is 9.13 Å². The maximum absolute atomic E-state index is 13.3. The zero-order valence-electron chi connectivity index (χ0n) is 10.3. The van der Waals surface area contributed by atoms with Crippen molar-refractivity contribution in [1.82, 2.24) is 4.90 Å². The molecule has 1 aliphatic heterocycles. The van der Waals surface area contributed by atoms with Crippen LogP contribution in [0.5, 0.6) is 0 Å². The SMILES string of the molecule is C[C@@H]1CN(Cc2cccc(F)c2N)C[C@H](C)O1. The summed E-state index contributed by atoms with van der Waals surface area (Å²) in [6.45, 7) is 6.51. The van der Waals surface area contributed by atoms with E-state index in [4.69, 9.17) is 10.5 Å². The van der Waals surface area contributed by atoms with Crippen LogP contribution in [0, 0.1) is 5.82 Å². The average Bonchev–Trinajstić information content (AvgIpc) is 2.23. The summed E-state index contributed by atoms with van der Waals surface area (Å²) in [7, 11) is 0. The molecule has 0 radical (unpaired) electrons. The molecule has 1 saturated heterocycles. The Kier molecular flexibility index (Phi) is 3.64. The first-order valence-electron chi connectivity index (χ1n) is 5.97. The number of nitrogens with zero attached hydrogens (tertiary/aromatic N) is 1. The second-order valence-electron chi connectivity index (χ2n) is 4.76. The second kappa shape index (κ2) is 5.02. The van der Waals surface area contributed by atoms with Gasteiger partial charge in [0, 0.05) is 19.6 Å². The van der Waals surface area contributed by atoms with Crippen LogP contribution < -0.4 is 5.73 Å². The summed E-state index contributed by atoms with van der Waals surface area (Å²) in [4.78, 5) is 2.25. The highest BCUT2D eigenvalue weighted by molar-refractivity contribution is 5.47. The minimum absolute atomic E-state index is 0.216. The van der Waals surface area contributed by atoms with Gasteiger partial charge in [-0.05, 0) is 25.5 Å². The molecule has 0 spiro atoms. The Morgan fingerprint density at radius 1 is 1.35 bits per heavy atom. The Bertz CT molecular complexity index is 387. The minimum Gasteiger partial charge on any atom is -0.396 e. The van der Waals surface area contributed by atoms with Crippen LogP contribution in [0.4, 0.5) is 10.1 Å². The van der Waals surface area contributed by atoms with Crippen molar-refractivity contribution in [3.05, 3.63) is 29.6 Å².